The number of nitrogens with zero attached hydrogens (tertiary/aromatic N) is 3. The molecule has 1 heterocycles. The Bertz CT molecular complexity index is 404. The van der Waals surface area contributed by atoms with Gasteiger partial charge < -0.3 is 9.67 Å². The average Bonchev–Trinajstić information content (AvgIpc) is 2.85. The molecular formula is C15H27N3O2. The van der Waals surface area contributed by atoms with Crippen molar-refractivity contribution in [2.45, 2.75) is 65.1 Å². The van der Waals surface area contributed by atoms with Crippen LogP contribution < -0.4 is 0 Å². The van der Waals surface area contributed by atoms with Crippen LogP contribution >= 0.6 is 0 Å². The standard InChI is InChI=1S/C15H27N3O2/c1-4-6-7-8-9-13(15(19)20)17(3)12-14-16-10-11-18(14)5-2/h10-11,13H,4-9,12H2,1-3H3,(H,19,20). The number of rotatable bonds is 10. The highest BCUT2D eigenvalue weighted by Crippen LogP contribution is 2.13. The van der Waals surface area contributed by atoms with Crippen LogP contribution in [0.25, 0.3) is 0 Å². The average molecular weight is 281 g/mol. The van der Waals surface area contributed by atoms with Crippen molar-refractivity contribution in [3.63, 3.8) is 0 Å². The van der Waals surface area contributed by atoms with Crippen LogP contribution in [0.4, 0.5) is 0 Å². The van der Waals surface area contributed by atoms with Crippen LogP contribution in [0.5, 0.6) is 0 Å². The maximum Gasteiger partial charge on any atom is 0.320 e. The number of aromatic nitrogens is 2. The van der Waals surface area contributed by atoms with Crippen molar-refractivity contribution in [1.29, 1.82) is 0 Å². The Labute approximate surface area is 121 Å². The highest BCUT2D eigenvalue weighted by Gasteiger charge is 2.23. The zero-order valence-electron chi connectivity index (χ0n) is 12.9. The minimum atomic E-state index is -0.737. The number of carbonyl (C=O) groups is 1. The first-order valence-corrected chi connectivity index (χ1v) is 7.53. The Morgan fingerprint density at radius 3 is 2.75 bits per heavy atom. The molecule has 20 heavy (non-hydrogen) atoms. The molecular weight excluding hydrogens is 254 g/mol. The van der Waals surface area contributed by atoms with Gasteiger partial charge in [0.15, 0.2) is 0 Å². The molecule has 1 aromatic rings. The first-order chi connectivity index (χ1) is 9.60. The predicted octanol–water partition coefficient (Wildman–Crippen LogP) is 2.76. The van der Waals surface area contributed by atoms with Crippen LogP contribution in [-0.2, 0) is 17.9 Å². The normalized spacial score (nSPS) is 12.8. The minimum absolute atomic E-state index is 0.422. The summed E-state index contributed by atoms with van der Waals surface area (Å²) in [6.45, 7) is 5.65. The van der Waals surface area contributed by atoms with Gasteiger partial charge in [-0.05, 0) is 20.4 Å². The van der Waals surface area contributed by atoms with Gasteiger partial charge in [-0.3, -0.25) is 9.69 Å². The molecule has 0 aliphatic rings. The first kappa shape index (κ1) is 16.7. The third-order valence-electron chi connectivity index (χ3n) is 3.68. The first-order valence-electron chi connectivity index (χ1n) is 7.53. The van der Waals surface area contributed by atoms with Gasteiger partial charge in [0, 0.05) is 18.9 Å². The van der Waals surface area contributed by atoms with Crippen molar-refractivity contribution < 1.29 is 9.90 Å². The molecule has 1 unspecified atom stereocenters. The van der Waals surface area contributed by atoms with E-state index in [9.17, 15) is 9.90 Å². The van der Waals surface area contributed by atoms with Crippen molar-refractivity contribution in [3.8, 4) is 0 Å². The zero-order valence-corrected chi connectivity index (χ0v) is 12.9. The van der Waals surface area contributed by atoms with Crippen LogP contribution in [0.15, 0.2) is 12.4 Å². The number of carboxylic acid groups (broad SMARTS) is 1. The van der Waals surface area contributed by atoms with E-state index in [-0.39, 0.29) is 0 Å². The van der Waals surface area contributed by atoms with Crippen LogP contribution in [0, 0.1) is 0 Å². The topological polar surface area (TPSA) is 58.4 Å². The molecule has 0 fully saturated rings. The summed E-state index contributed by atoms with van der Waals surface area (Å²) in [7, 11) is 1.87. The molecule has 114 valence electrons. The minimum Gasteiger partial charge on any atom is -0.480 e. The Morgan fingerprint density at radius 1 is 1.40 bits per heavy atom. The van der Waals surface area contributed by atoms with Crippen molar-refractivity contribution in [3.05, 3.63) is 18.2 Å². The van der Waals surface area contributed by atoms with Crippen molar-refractivity contribution in [1.82, 2.24) is 14.5 Å². The molecule has 0 spiro atoms. The molecule has 0 aliphatic carbocycles. The highest BCUT2D eigenvalue weighted by molar-refractivity contribution is 5.73. The lowest BCUT2D eigenvalue weighted by molar-refractivity contribution is -0.143. The molecule has 5 nitrogen and oxygen atoms in total. The maximum atomic E-state index is 11.4. The summed E-state index contributed by atoms with van der Waals surface area (Å²) < 4.78 is 2.05. The second kappa shape index (κ2) is 8.74. The van der Waals surface area contributed by atoms with Gasteiger partial charge in [-0.15, -0.1) is 0 Å². The third-order valence-corrected chi connectivity index (χ3v) is 3.68. The number of imidazole rings is 1. The van der Waals surface area contributed by atoms with E-state index in [1.165, 1.54) is 12.8 Å². The highest BCUT2D eigenvalue weighted by atomic mass is 16.4. The van der Waals surface area contributed by atoms with Crippen LogP contribution in [0.2, 0.25) is 0 Å². The predicted molar refractivity (Wildman–Crippen MR) is 79.6 cm³/mol. The summed E-state index contributed by atoms with van der Waals surface area (Å²) in [4.78, 5) is 17.6. The van der Waals surface area contributed by atoms with E-state index < -0.39 is 12.0 Å². The number of hydrogen-bond donors (Lipinski definition) is 1. The van der Waals surface area contributed by atoms with E-state index in [0.717, 1.165) is 25.2 Å². The smallest absolute Gasteiger partial charge is 0.320 e. The van der Waals surface area contributed by atoms with Gasteiger partial charge in [0.2, 0.25) is 0 Å². The number of unbranched alkanes of at least 4 members (excludes halogenated alkanes) is 3. The summed E-state index contributed by atoms with van der Waals surface area (Å²) in [5, 5.41) is 9.39. The fourth-order valence-electron chi connectivity index (χ4n) is 2.41. The Kier molecular flexibility index (Phi) is 7.30. The number of carboxylic acids is 1. The molecule has 1 aromatic heterocycles. The lowest BCUT2D eigenvalue weighted by Crippen LogP contribution is -2.38. The van der Waals surface area contributed by atoms with E-state index in [2.05, 4.69) is 18.8 Å². The van der Waals surface area contributed by atoms with Gasteiger partial charge >= 0.3 is 5.97 Å². The summed E-state index contributed by atoms with van der Waals surface area (Å²) in [5.74, 6) is 0.188. The molecule has 5 heteroatoms. The summed E-state index contributed by atoms with van der Waals surface area (Å²) >= 11 is 0. The van der Waals surface area contributed by atoms with Crippen molar-refractivity contribution in [2.75, 3.05) is 7.05 Å². The molecule has 0 bridgehead atoms. The molecule has 0 aliphatic heterocycles. The van der Waals surface area contributed by atoms with Crippen molar-refractivity contribution in [2.24, 2.45) is 0 Å². The number of aliphatic carboxylic acids is 1. The van der Waals surface area contributed by atoms with E-state index in [0.29, 0.717) is 13.0 Å². The van der Waals surface area contributed by atoms with Gasteiger partial charge in [-0.25, -0.2) is 4.98 Å². The second-order valence-electron chi connectivity index (χ2n) is 5.25. The molecule has 1 atom stereocenters. The Morgan fingerprint density at radius 2 is 2.15 bits per heavy atom. The molecule has 1 rings (SSSR count). The van der Waals surface area contributed by atoms with Crippen LogP contribution in [-0.4, -0.2) is 38.6 Å². The number of likely N-dealkylation sites (N-methyl/N-ethyl adjacent to an activating group) is 1. The Balaban J connectivity index is 2.55. The molecule has 0 aromatic carbocycles. The third kappa shape index (κ3) is 4.96. The van der Waals surface area contributed by atoms with E-state index in [1.54, 1.807) is 6.20 Å². The lowest BCUT2D eigenvalue weighted by Gasteiger charge is -2.24. The molecule has 0 radical (unpaired) electrons. The van der Waals surface area contributed by atoms with E-state index >= 15 is 0 Å². The zero-order chi connectivity index (χ0) is 15.0. The summed E-state index contributed by atoms with van der Waals surface area (Å²) in [6, 6.07) is -0.422. The van der Waals surface area contributed by atoms with E-state index in [4.69, 9.17) is 0 Å². The second-order valence-corrected chi connectivity index (χ2v) is 5.25. The quantitative estimate of drug-likeness (QED) is 0.670. The fourth-order valence-corrected chi connectivity index (χ4v) is 2.41. The maximum absolute atomic E-state index is 11.4. The monoisotopic (exact) mass is 281 g/mol. The molecule has 1 N–H and O–H groups in total. The summed E-state index contributed by atoms with van der Waals surface area (Å²) in [6.07, 6.45) is 8.83. The summed E-state index contributed by atoms with van der Waals surface area (Å²) in [5.41, 5.74) is 0. The fraction of sp³-hybridized carbons (Fsp3) is 0.733. The molecule has 0 saturated heterocycles. The van der Waals surface area contributed by atoms with Gasteiger partial charge in [0.05, 0.1) is 6.54 Å². The molecule has 0 amide bonds. The largest absolute Gasteiger partial charge is 0.480 e. The number of hydrogen-bond acceptors (Lipinski definition) is 3. The Hall–Kier alpha value is -1.36. The number of aryl methyl sites for hydroxylation is 1. The van der Waals surface area contributed by atoms with Gasteiger partial charge in [-0.1, -0.05) is 32.6 Å². The van der Waals surface area contributed by atoms with Gasteiger partial charge in [0.1, 0.15) is 11.9 Å². The van der Waals surface area contributed by atoms with Crippen molar-refractivity contribution >= 4 is 5.97 Å². The van der Waals surface area contributed by atoms with Gasteiger partial charge in [-0.2, -0.15) is 0 Å². The van der Waals surface area contributed by atoms with Gasteiger partial charge in [0.25, 0.3) is 0 Å². The SMILES string of the molecule is CCCCCCC(C(=O)O)N(C)Cc1nccn1CC. The van der Waals surface area contributed by atoms with Crippen LogP contribution in [0.3, 0.4) is 0 Å². The molecule has 0 saturated carbocycles. The van der Waals surface area contributed by atoms with E-state index in [1.807, 2.05) is 22.7 Å². The van der Waals surface area contributed by atoms with Crippen LogP contribution in [0.1, 0.15) is 51.8 Å². The lowest BCUT2D eigenvalue weighted by atomic mass is 10.1.